The van der Waals surface area contributed by atoms with Crippen molar-refractivity contribution in [3.8, 4) is 0 Å². The van der Waals surface area contributed by atoms with Crippen molar-refractivity contribution in [1.82, 2.24) is 14.1 Å². The zero-order valence-electron chi connectivity index (χ0n) is 22.1. The van der Waals surface area contributed by atoms with Crippen LogP contribution in [-0.2, 0) is 35.4 Å². The summed E-state index contributed by atoms with van der Waals surface area (Å²) < 4.78 is 3.33. The summed E-state index contributed by atoms with van der Waals surface area (Å²) in [6.07, 6.45) is 4.16. The van der Waals surface area contributed by atoms with Crippen molar-refractivity contribution in [3.05, 3.63) is 106 Å². The van der Waals surface area contributed by atoms with E-state index in [1.54, 1.807) is 30.5 Å². The molecular formula is C30H31ClN4O5. The van der Waals surface area contributed by atoms with Crippen LogP contribution >= 0.6 is 11.6 Å². The minimum absolute atomic E-state index is 0.201. The highest BCUT2D eigenvalue weighted by Gasteiger charge is 2.24. The number of carboxylic acid groups (broad SMARTS) is 2. The van der Waals surface area contributed by atoms with E-state index in [4.69, 9.17) is 11.6 Å². The molecule has 0 fully saturated rings. The summed E-state index contributed by atoms with van der Waals surface area (Å²) >= 11 is 6.29. The highest BCUT2D eigenvalue weighted by Crippen LogP contribution is 2.23. The summed E-state index contributed by atoms with van der Waals surface area (Å²) in [5.41, 5.74) is 2.97. The van der Waals surface area contributed by atoms with Gasteiger partial charge < -0.3 is 24.7 Å². The van der Waals surface area contributed by atoms with Crippen LogP contribution < -0.4 is 5.32 Å². The number of carbonyl (C=O) groups is 3. The van der Waals surface area contributed by atoms with Gasteiger partial charge in [-0.25, -0.2) is 9.78 Å². The van der Waals surface area contributed by atoms with Crippen LogP contribution in [-0.4, -0.2) is 42.2 Å². The van der Waals surface area contributed by atoms with Crippen LogP contribution in [0.15, 0.2) is 72.9 Å². The van der Waals surface area contributed by atoms with Gasteiger partial charge in [0, 0.05) is 31.3 Å². The minimum atomic E-state index is -1.03. The van der Waals surface area contributed by atoms with E-state index in [9.17, 15) is 24.6 Å². The Morgan fingerprint density at radius 2 is 1.70 bits per heavy atom. The first-order valence-corrected chi connectivity index (χ1v) is 13.4. The van der Waals surface area contributed by atoms with Crippen molar-refractivity contribution in [2.75, 3.05) is 5.32 Å². The lowest BCUT2D eigenvalue weighted by Crippen LogP contribution is -2.26. The first-order valence-electron chi connectivity index (χ1n) is 13.1. The number of aliphatic carboxylic acids is 2. The standard InChI is InChI=1S/C30H31ClN4O5/c1-2-3-11-26-33-28(31)24(18-27(36)37)35(26)19-21-12-14-22(15-13-21)32-29(38)23-10-7-16-34(23)25(30(39)40)17-20-8-5-4-6-9-20/h4-10,12-16,25H,2-3,11,17-19H2,1H3,(H,32,38)(H,36,37)(H,39,40)/t25-/m0/s1. The Balaban J connectivity index is 1.49. The normalized spacial score (nSPS) is 11.8. The number of benzene rings is 2. The van der Waals surface area contributed by atoms with Crippen molar-refractivity contribution < 1.29 is 24.6 Å². The molecule has 1 amide bonds. The molecule has 1 atom stereocenters. The van der Waals surface area contributed by atoms with Gasteiger partial charge in [0.05, 0.1) is 12.1 Å². The highest BCUT2D eigenvalue weighted by atomic mass is 35.5. The molecule has 40 heavy (non-hydrogen) atoms. The Labute approximate surface area is 237 Å². The second-order valence-corrected chi connectivity index (χ2v) is 9.88. The zero-order chi connectivity index (χ0) is 28.6. The molecule has 2 heterocycles. The number of nitrogens with zero attached hydrogens (tertiary/aromatic N) is 3. The number of hydrogen-bond acceptors (Lipinski definition) is 4. The van der Waals surface area contributed by atoms with Crippen LogP contribution in [0.3, 0.4) is 0 Å². The Morgan fingerprint density at radius 1 is 0.975 bits per heavy atom. The van der Waals surface area contributed by atoms with Gasteiger partial charge in [-0.1, -0.05) is 67.4 Å². The average Bonchev–Trinajstić information content (AvgIpc) is 3.52. The third-order valence-electron chi connectivity index (χ3n) is 6.63. The molecule has 2 aromatic carbocycles. The van der Waals surface area contributed by atoms with Crippen LogP contribution in [0.5, 0.6) is 0 Å². The third kappa shape index (κ3) is 6.98. The SMILES string of the molecule is CCCCc1nc(Cl)c(CC(=O)O)n1Cc1ccc(NC(=O)c2cccn2[C@@H](Cc2ccccc2)C(=O)O)cc1. The van der Waals surface area contributed by atoms with Gasteiger partial charge in [0.25, 0.3) is 5.91 Å². The number of carbonyl (C=O) groups excluding carboxylic acids is 1. The molecule has 4 aromatic rings. The van der Waals surface area contributed by atoms with E-state index < -0.39 is 23.9 Å². The molecule has 0 aliphatic rings. The summed E-state index contributed by atoms with van der Waals surface area (Å²) in [5.74, 6) is -1.70. The molecule has 0 radical (unpaired) electrons. The van der Waals surface area contributed by atoms with Crippen LogP contribution in [0.25, 0.3) is 0 Å². The summed E-state index contributed by atoms with van der Waals surface area (Å²) in [4.78, 5) is 41.1. The topological polar surface area (TPSA) is 126 Å². The van der Waals surface area contributed by atoms with E-state index >= 15 is 0 Å². The summed E-state index contributed by atoms with van der Waals surface area (Å²) in [5, 5.41) is 22.3. The molecule has 0 aliphatic carbocycles. The lowest BCUT2D eigenvalue weighted by Gasteiger charge is -2.18. The fourth-order valence-corrected chi connectivity index (χ4v) is 4.87. The van der Waals surface area contributed by atoms with Crippen molar-refractivity contribution in [2.24, 2.45) is 0 Å². The zero-order valence-corrected chi connectivity index (χ0v) is 22.8. The number of imidazole rings is 1. The first kappa shape index (κ1) is 28.6. The number of anilines is 1. The maximum Gasteiger partial charge on any atom is 0.327 e. The Kier molecular flexibility index (Phi) is 9.39. The van der Waals surface area contributed by atoms with E-state index in [-0.39, 0.29) is 23.7 Å². The van der Waals surface area contributed by atoms with Gasteiger partial charge in [0.2, 0.25) is 0 Å². The predicted octanol–water partition coefficient (Wildman–Crippen LogP) is 5.48. The number of rotatable bonds is 13. The van der Waals surface area contributed by atoms with E-state index in [0.717, 1.165) is 29.8 Å². The van der Waals surface area contributed by atoms with Crippen molar-refractivity contribution in [2.45, 2.75) is 51.6 Å². The van der Waals surface area contributed by atoms with E-state index in [0.29, 0.717) is 24.3 Å². The summed E-state index contributed by atoms with van der Waals surface area (Å²) in [6.45, 7) is 2.46. The summed E-state index contributed by atoms with van der Waals surface area (Å²) in [6, 6.07) is 18.8. The number of nitrogens with one attached hydrogen (secondary N) is 1. The maximum absolute atomic E-state index is 13.1. The van der Waals surface area contributed by atoms with Crippen LogP contribution in [0, 0.1) is 0 Å². The number of amides is 1. The molecule has 10 heteroatoms. The molecule has 0 bridgehead atoms. The number of halogens is 1. The smallest absolute Gasteiger partial charge is 0.327 e. The fourth-order valence-electron chi connectivity index (χ4n) is 4.60. The molecule has 9 nitrogen and oxygen atoms in total. The quantitative estimate of drug-likeness (QED) is 0.198. The second kappa shape index (κ2) is 13.1. The van der Waals surface area contributed by atoms with Gasteiger partial charge in [-0.2, -0.15) is 0 Å². The first-order chi connectivity index (χ1) is 19.3. The number of aromatic nitrogens is 3. The fraction of sp³-hybridized carbons (Fsp3) is 0.267. The largest absolute Gasteiger partial charge is 0.481 e. The molecule has 2 aromatic heterocycles. The van der Waals surface area contributed by atoms with Crippen molar-refractivity contribution in [3.63, 3.8) is 0 Å². The van der Waals surface area contributed by atoms with Crippen molar-refractivity contribution >= 4 is 35.1 Å². The van der Waals surface area contributed by atoms with Crippen LogP contribution in [0.4, 0.5) is 5.69 Å². The molecule has 4 rings (SSSR count). The molecule has 0 saturated carbocycles. The minimum Gasteiger partial charge on any atom is -0.481 e. The van der Waals surface area contributed by atoms with E-state index in [2.05, 4.69) is 17.2 Å². The molecule has 0 aliphatic heterocycles. The third-order valence-corrected chi connectivity index (χ3v) is 6.93. The monoisotopic (exact) mass is 562 g/mol. The highest BCUT2D eigenvalue weighted by molar-refractivity contribution is 6.30. The lowest BCUT2D eigenvalue weighted by molar-refractivity contribution is -0.141. The molecule has 208 valence electrons. The predicted molar refractivity (Wildman–Crippen MR) is 152 cm³/mol. The second-order valence-electron chi connectivity index (χ2n) is 9.52. The van der Waals surface area contributed by atoms with Gasteiger partial charge in [-0.15, -0.1) is 0 Å². The van der Waals surface area contributed by atoms with Gasteiger partial charge in [0.1, 0.15) is 17.6 Å². The van der Waals surface area contributed by atoms with E-state index in [1.807, 2.05) is 47.0 Å². The van der Waals surface area contributed by atoms with Crippen LogP contribution in [0.2, 0.25) is 5.15 Å². The molecule has 0 saturated heterocycles. The maximum atomic E-state index is 13.1. The van der Waals surface area contributed by atoms with Gasteiger partial charge in [0.15, 0.2) is 5.15 Å². The molecular weight excluding hydrogens is 532 g/mol. The molecule has 3 N–H and O–H groups in total. The average molecular weight is 563 g/mol. The Bertz CT molecular complexity index is 1480. The number of hydrogen-bond donors (Lipinski definition) is 3. The summed E-state index contributed by atoms with van der Waals surface area (Å²) in [7, 11) is 0. The van der Waals surface area contributed by atoms with Gasteiger partial charge >= 0.3 is 11.9 Å². The molecule has 0 spiro atoms. The number of carboxylic acids is 2. The van der Waals surface area contributed by atoms with Crippen LogP contribution in [0.1, 0.15) is 58.9 Å². The lowest BCUT2D eigenvalue weighted by atomic mass is 10.1. The Morgan fingerprint density at radius 3 is 2.35 bits per heavy atom. The van der Waals surface area contributed by atoms with Gasteiger partial charge in [-0.3, -0.25) is 9.59 Å². The van der Waals surface area contributed by atoms with Crippen molar-refractivity contribution in [1.29, 1.82) is 0 Å². The van der Waals surface area contributed by atoms with Gasteiger partial charge in [-0.05, 0) is 41.8 Å². The number of aryl methyl sites for hydroxylation is 1. The van der Waals surface area contributed by atoms with E-state index in [1.165, 1.54) is 4.57 Å². The Hall–Kier alpha value is -4.37. The molecule has 0 unspecified atom stereocenters. The number of unbranched alkanes of at least 4 members (excludes halogenated alkanes) is 1.